The molecular weight excluding hydrogens is 518 g/mol. The Bertz CT molecular complexity index is 1290. The standard InChI is InChI=1S/C31H41N7O3/c1-22(2)19-26-31(41)33-23(3)30-35-29(25-13-8-5-9-14-25)36-38(30)21-28(40)32-16-18-37(17-10-15-27(39)34-26)20-24-11-6-4-7-12-24/h4-9,11-14,22-23,26H,10,15-21H2,1-3H3,(H,32,40)(H,33,41)(H,34,39)/t23-,26+/m0/s1. The summed E-state index contributed by atoms with van der Waals surface area (Å²) in [5, 5.41) is 13.6. The van der Waals surface area contributed by atoms with Crippen LogP contribution < -0.4 is 16.0 Å². The molecule has 41 heavy (non-hydrogen) atoms. The molecule has 0 radical (unpaired) electrons. The van der Waals surface area contributed by atoms with Crippen molar-refractivity contribution in [3.63, 3.8) is 0 Å². The lowest BCUT2D eigenvalue weighted by atomic mass is 10.0. The lowest BCUT2D eigenvalue weighted by Gasteiger charge is -2.23. The van der Waals surface area contributed by atoms with Crippen molar-refractivity contribution in [2.24, 2.45) is 5.92 Å². The summed E-state index contributed by atoms with van der Waals surface area (Å²) in [5.41, 5.74) is 1.98. The Kier molecular flexibility index (Phi) is 10.6. The molecule has 0 fully saturated rings. The fraction of sp³-hybridized carbons (Fsp3) is 0.452. The van der Waals surface area contributed by atoms with E-state index in [1.807, 2.05) is 69.3 Å². The molecule has 0 unspecified atom stereocenters. The summed E-state index contributed by atoms with van der Waals surface area (Å²) >= 11 is 0. The van der Waals surface area contributed by atoms with E-state index in [9.17, 15) is 14.4 Å². The number of nitrogens with zero attached hydrogens (tertiary/aromatic N) is 4. The van der Waals surface area contributed by atoms with E-state index in [0.29, 0.717) is 57.1 Å². The van der Waals surface area contributed by atoms with Crippen LogP contribution in [0.1, 0.15) is 57.5 Å². The predicted octanol–water partition coefficient (Wildman–Crippen LogP) is 3.07. The molecule has 10 nitrogen and oxygen atoms in total. The van der Waals surface area contributed by atoms with Crippen molar-refractivity contribution in [3.05, 3.63) is 72.1 Å². The molecule has 3 aromatic rings. The molecule has 2 heterocycles. The second kappa shape index (κ2) is 14.5. The van der Waals surface area contributed by atoms with E-state index < -0.39 is 12.1 Å². The molecule has 4 rings (SSSR count). The zero-order chi connectivity index (χ0) is 29.2. The largest absolute Gasteiger partial charge is 0.353 e. The molecule has 2 atom stereocenters. The molecule has 1 aromatic heterocycles. The molecule has 0 spiro atoms. The van der Waals surface area contributed by atoms with Crippen LogP contribution in [0.5, 0.6) is 0 Å². The number of nitrogens with one attached hydrogen (secondary N) is 3. The number of carbonyl (C=O) groups is 3. The van der Waals surface area contributed by atoms with Crippen molar-refractivity contribution in [2.75, 3.05) is 19.6 Å². The Morgan fingerprint density at radius 2 is 1.63 bits per heavy atom. The highest BCUT2D eigenvalue weighted by Gasteiger charge is 2.26. The fourth-order valence-electron chi connectivity index (χ4n) is 4.97. The van der Waals surface area contributed by atoms with Gasteiger partial charge in [-0.2, -0.15) is 5.10 Å². The van der Waals surface area contributed by atoms with Crippen LogP contribution >= 0.6 is 0 Å². The van der Waals surface area contributed by atoms with Gasteiger partial charge in [-0.25, -0.2) is 9.67 Å². The van der Waals surface area contributed by atoms with Crippen LogP contribution in [0, 0.1) is 5.92 Å². The van der Waals surface area contributed by atoms with Gasteiger partial charge in [-0.05, 0) is 37.8 Å². The lowest BCUT2D eigenvalue weighted by molar-refractivity contribution is -0.129. The average Bonchev–Trinajstić information content (AvgIpc) is 3.36. The van der Waals surface area contributed by atoms with E-state index in [0.717, 1.165) is 11.1 Å². The van der Waals surface area contributed by atoms with Gasteiger partial charge in [0.15, 0.2) is 5.82 Å². The number of amides is 3. The number of rotatable bonds is 5. The normalized spacial score (nSPS) is 20.0. The van der Waals surface area contributed by atoms with Crippen LogP contribution in [0.25, 0.3) is 11.4 Å². The first-order valence-corrected chi connectivity index (χ1v) is 14.4. The number of fused-ring (bicyclic) bond motifs is 1. The Hall–Kier alpha value is -4.05. The summed E-state index contributed by atoms with van der Waals surface area (Å²) in [7, 11) is 0. The van der Waals surface area contributed by atoms with Crippen LogP contribution in [0.3, 0.4) is 0 Å². The first-order chi connectivity index (χ1) is 19.8. The van der Waals surface area contributed by atoms with Gasteiger partial charge in [-0.1, -0.05) is 74.5 Å². The van der Waals surface area contributed by atoms with Gasteiger partial charge in [0.2, 0.25) is 17.7 Å². The molecule has 0 aliphatic carbocycles. The van der Waals surface area contributed by atoms with Gasteiger partial charge < -0.3 is 16.0 Å². The first-order valence-electron chi connectivity index (χ1n) is 14.4. The maximum absolute atomic E-state index is 13.4. The zero-order valence-electron chi connectivity index (χ0n) is 24.2. The highest BCUT2D eigenvalue weighted by atomic mass is 16.2. The fourth-order valence-corrected chi connectivity index (χ4v) is 4.97. The molecule has 0 bridgehead atoms. The van der Waals surface area contributed by atoms with Gasteiger partial charge in [-0.3, -0.25) is 19.3 Å². The molecule has 3 N–H and O–H groups in total. The van der Waals surface area contributed by atoms with Crippen molar-refractivity contribution >= 4 is 17.7 Å². The van der Waals surface area contributed by atoms with Crippen LogP contribution in [0.15, 0.2) is 60.7 Å². The third-order valence-electron chi connectivity index (χ3n) is 7.01. The predicted molar refractivity (Wildman–Crippen MR) is 157 cm³/mol. The van der Waals surface area contributed by atoms with Crippen molar-refractivity contribution in [1.82, 2.24) is 35.6 Å². The third kappa shape index (κ3) is 8.97. The summed E-state index contributed by atoms with van der Waals surface area (Å²) < 4.78 is 1.55. The van der Waals surface area contributed by atoms with Crippen molar-refractivity contribution in [1.29, 1.82) is 0 Å². The van der Waals surface area contributed by atoms with E-state index in [-0.39, 0.29) is 30.2 Å². The number of aromatic nitrogens is 3. The monoisotopic (exact) mass is 559 g/mol. The Morgan fingerprint density at radius 1 is 0.927 bits per heavy atom. The second-order valence-corrected chi connectivity index (χ2v) is 11.0. The molecule has 1 aliphatic heterocycles. The average molecular weight is 560 g/mol. The van der Waals surface area contributed by atoms with Gasteiger partial charge in [0.1, 0.15) is 18.4 Å². The Balaban J connectivity index is 1.59. The minimum Gasteiger partial charge on any atom is -0.353 e. The smallest absolute Gasteiger partial charge is 0.243 e. The topological polar surface area (TPSA) is 121 Å². The summed E-state index contributed by atoms with van der Waals surface area (Å²) in [6.07, 6.45) is 1.46. The molecular formula is C31H41N7O3. The van der Waals surface area contributed by atoms with E-state index in [1.54, 1.807) is 4.68 Å². The van der Waals surface area contributed by atoms with Crippen LogP contribution in [0.4, 0.5) is 0 Å². The maximum atomic E-state index is 13.4. The second-order valence-electron chi connectivity index (χ2n) is 11.0. The van der Waals surface area contributed by atoms with Crippen LogP contribution in [-0.2, 0) is 27.5 Å². The highest BCUT2D eigenvalue weighted by molar-refractivity contribution is 5.87. The quantitative estimate of drug-likeness (QED) is 0.442. The van der Waals surface area contributed by atoms with E-state index in [4.69, 9.17) is 4.98 Å². The highest BCUT2D eigenvalue weighted by Crippen LogP contribution is 2.19. The van der Waals surface area contributed by atoms with Gasteiger partial charge in [-0.15, -0.1) is 0 Å². The Labute approximate surface area is 241 Å². The Morgan fingerprint density at radius 3 is 2.34 bits per heavy atom. The minimum absolute atomic E-state index is 0.0276. The molecule has 3 amide bonds. The number of hydrogen-bond donors (Lipinski definition) is 3. The van der Waals surface area contributed by atoms with Crippen molar-refractivity contribution < 1.29 is 14.4 Å². The van der Waals surface area contributed by atoms with Gasteiger partial charge in [0.25, 0.3) is 0 Å². The SMILES string of the molecule is CC(C)C[C@H]1NC(=O)CCCN(Cc2ccccc2)CCNC(=O)Cn2nc(-c3ccccc3)nc2[C@H](C)NC1=O. The van der Waals surface area contributed by atoms with E-state index >= 15 is 0 Å². The van der Waals surface area contributed by atoms with Crippen LogP contribution in [-0.4, -0.2) is 63.1 Å². The van der Waals surface area contributed by atoms with Gasteiger partial charge in [0.05, 0.1) is 6.04 Å². The lowest BCUT2D eigenvalue weighted by Crippen LogP contribution is -2.48. The first kappa shape index (κ1) is 29.9. The molecule has 0 saturated carbocycles. The number of benzene rings is 2. The van der Waals surface area contributed by atoms with Crippen LogP contribution in [0.2, 0.25) is 0 Å². The van der Waals surface area contributed by atoms with E-state index in [2.05, 4.69) is 38.1 Å². The maximum Gasteiger partial charge on any atom is 0.243 e. The molecule has 1 aliphatic rings. The molecule has 2 aromatic carbocycles. The summed E-state index contributed by atoms with van der Waals surface area (Å²) in [6, 6.07) is 18.4. The zero-order valence-corrected chi connectivity index (χ0v) is 24.2. The number of hydrogen-bond acceptors (Lipinski definition) is 6. The summed E-state index contributed by atoms with van der Waals surface area (Å²) in [6.45, 7) is 8.31. The third-order valence-corrected chi connectivity index (χ3v) is 7.01. The van der Waals surface area contributed by atoms with Gasteiger partial charge in [0, 0.05) is 31.6 Å². The van der Waals surface area contributed by atoms with E-state index in [1.165, 1.54) is 0 Å². The summed E-state index contributed by atoms with van der Waals surface area (Å²) in [5.74, 6) is 0.531. The number of carbonyl (C=O) groups excluding carboxylic acids is 3. The minimum atomic E-state index is -0.672. The van der Waals surface area contributed by atoms with Crippen molar-refractivity contribution in [2.45, 2.75) is 65.2 Å². The molecule has 0 saturated heterocycles. The molecule has 10 heteroatoms. The van der Waals surface area contributed by atoms with Gasteiger partial charge >= 0.3 is 0 Å². The van der Waals surface area contributed by atoms with Crippen molar-refractivity contribution in [3.8, 4) is 11.4 Å². The molecule has 218 valence electrons. The summed E-state index contributed by atoms with van der Waals surface area (Å²) in [4.78, 5) is 46.3.